The van der Waals surface area contributed by atoms with Crippen LogP contribution in [0.25, 0.3) is 55.0 Å². The van der Waals surface area contributed by atoms with Crippen LogP contribution in [0.5, 0.6) is 0 Å². The van der Waals surface area contributed by atoms with Crippen molar-refractivity contribution in [3.8, 4) is 33.1 Å². The Bertz CT molecular complexity index is 2470. The molecular weight excluding hydrogens is 627 g/mol. The van der Waals surface area contributed by atoms with E-state index in [1.165, 1.54) is 38.1 Å². The van der Waals surface area contributed by atoms with Gasteiger partial charge in [0.15, 0.2) is 5.82 Å². The Hall–Kier alpha value is -5.17. The molecule has 0 fully saturated rings. The molecule has 3 heterocycles. The third-order valence-corrected chi connectivity index (χ3v) is 10.9. The van der Waals surface area contributed by atoms with Gasteiger partial charge in [-0.3, -0.25) is 0 Å². The molecule has 1 aliphatic rings. The van der Waals surface area contributed by atoms with Gasteiger partial charge in [-0.2, -0.15) is 4.37 Å². The highest BCUT2D eigenvalue weighted by atomic mass is 32.2. The van der Waals surface area contributed by atoms with E-state index in [0.717, 1.165) is 60.8 Å². The second kappa shape index (κ2) is 11.2. The van der Waals surface area contributed by atoms with Crippen molar-refractivity contribution in [3.63, 3.8) is 0 Å². The van der Waals surface area contributed by atoms with E-state index in [0.29, 0.717) is 0 Å². The lowest BCUT2D eigenvalue weighted by Gasteiger charge is -2.33. The van der Waals surface area contributed by atoms with Crippen molar-refractivity contribution in [3.05, 3.63) is 139 Å². The first-order chi connectivity index (χ1) is 23.4. The lowest BCUT2D eigenvalue weighted by molar-refractivity contribution is 0.590. The molecular formula is C42H31N3OS2. The third kappa shape index (κ3) is 5.00. The maximum absolute atomic E-state index is 6.21. The van der Waals surface area contributed by atoms with E-state index in [4.69, 9.17) is 13.8 Å². The molecule has 0 atom stereocenters. The molecule has 0 unspecified atom stereocenters. The van der Waals surface area contributed by atoms with Crippen molar-refractivity contribution < 1.29 is 4.42 Å². The Kier molecular flexibility index (Phi) is 6.78. The fraction of sp³-hybridized carbons (Fsp3) is 0.0952. The van der Waals surface area contributed by atoms with Gasteiger partial charge in [0.1, 0.15) is 16.2 Å². The minimum Gasteiger partial charge on any atom is -0.456 e. The summed E-state index contributed by atoms with van der Waals surface area (Å²) in [6, 6.07) is 47.4. The van der Waals surface area contributed by atoms with Crippen LogP contribution in [0.3, 0.4) is 0 Å². The van der Waals surface area contributed by atoms with Gasteiger partial charge in [-0.15, -0.1) is 0 Å². The molecule has 1 aliphatic heterocycles. The van der Waals surface area contributed by atoms with E-state index in [1.807, 2.05) is 23.9 Å². The molecule has 2 aromatic heterocycles. The van der Waals surface area contributed by atoms with Gasteiger partial charge in [0.05, 0.1) is 11.4 Å². The number of nitrogens with zero attached hydrogens (tertiary/aromatic N) is 3. The SMILES string of the molecule is CC(C)(C)c1ccc(-c2nsc(-c3ccc(N4c5ccccc5Sc5cc(-c6ccc7c(c6)oc6ccccc67)ccc54)cc3)n2)cc1. The second-order valence-electron chi connectivity index (χ2n) is 13.2. The molecule has 0 N–H and O–H groups in total. The first-order valence-corrected chi connectivity index (χ1v) is 17.7. The Labute approximate surface area is 287 Å². The summed E-state index contributed by atoms with van der Waals surface area (Å²) in [7, 11) is 0. The summed E-state index contributed by atoms with van der Waals surface area (Å²) in [4.78, 5) is 9.71. The molecule has 0 bridgehead atoms. The highest BCUT2D eigenvalue weighted by Crippen LogP contribution is 2.52. The Morgan fingerprint density at radius 2 is 1.25 bits per heavy atom. The van der Waals surface area contributed by atoms with Crippen LogP contribution in [0.4, 0.5) is 17.1 Å². The lowest BCUT2D eigenvalue weighted by Crippen LogP contribution is -2.14. The fourth-order valence-electron chi connectivity index (χ4n) is 6.45. The van der Waals surface area contributed by atoms with Gasteiger partial charge in [-0.25, -0.2) is 4.98 Å². The van der Waals surface area contributed by atoms with Gasteiger partial charge in [-0.05, 0) is 100 Å². The third-order valence-electron chi connectivity index (χ3n) is 9.05. The first kappa shape index (κ1) is 29.0. The summed E-state index contributed by atoms with van der Waals surface area (Å²) >= 11 is 3.26. The molecule has 0 radical (unpaired) electrons. The highest BCUT2D eigenvalue weighted by molar-refractivity contribution is 7.99. The predicted molar refractivity (Wildman–Crippen MR) is 201 cm³/mol. The number of para-hydroxylation sites is 2. The largest absolute Gasteiger partial charge is 0.456 e. The van der Waals surface area contributed by atoms with Gasteiger partial charge in [0.25, 0.3) is 0 Å². The van der Waals surface area contributed by atoms with Crippen LogP contribution in [0.1, 0.15) is 26.3 Å². The van der Waals surface area contributed by atoms with E-state index in [9.17, 15) is 0 Å². The fourth-order valence-corrected chi connectivity index (χ4v) is 8.24. The van der Waals surface area contributed by atoms with Gasteiger partial charge in [0, 0.05) is 37.4 Å². The second-order valence-corrected chi connectivity index (χ2v) is 15.0. The van der Waals surface area contributed by atoms with Crippen LogP contribution >= 0.6 is 23.3 Å². The number of aromatic nitrogens is 2. The summed E-state index contributed by atoms with van der Waals surface area (Å²) in [5.74, 6) is 0.769. The maximum atomic E-state index is 6.21. The van der Waals surface area contributed by atoms with Crippen LogP contribution in [0, 0.1) is 0 Å². The summed E-state index contributed by atoms with van der Waals surface area (Å²) < 4.78 is 10.9. The molecule has 8 aromatic rings. The quantitative estimate of drug-likeness (QED) is 0.188. The number of furan rings is 1. The molecule has 4 nitrogen and oxygen atoms in total. The number of rotatable bonds is 4. The smallest absolute Gasteiger partial charge is 0.173 e. The molecule has 0 aliphatic carbocycles. The average molecular weight is 658 g/mol. The van der Waals surface area contributed by atoms with Gasteiger partial charge in [0.2, 0.25) is 0 Å². The number of fused-ring (bicyclic) bond motifs is 5. The van der Waals surface area contributed by atoms with E-state index in [-0.39, 0.29) is 5.41 Å². The molecule has 48 heavy (non-hydrogen) atoms. The molecule has 0 spiro atoms. The average Bonchev–Trinajstić information content (AvgIpc) is 3.75. The zero-order chi connectivity index (χ0) is 32.4. The molecule has 9 rings (SSSR count). The minimum atomic E-state index is 0.114. The molecule has 0 amide bonds. The van der Waals surface area contributed by atoms with Gasteiger partial charge >= 0.3 is 0 Å². The molecule has 6 aromatic carbocycles. The standard InChI is InChI=1S/C42H31N3OS2/c1-42(2,3)30-18-12-26(13-19-30)40-43-41(48-44-40)27-14-20-31(21-15-27)45-34-9-5-7-11-38(34)47-39-25-29(17-23-35(39)45)28-16-22-33-32-8-4-6-10-36(32)46-37(33)24-28/h4-25H,1-3H3. The zero-order valence-corrected chi connectivity index (χ0v) is 28.4. The van der Waals surface area contributed by atoms with Crippen LogP contribution in [0.15, 0.2) is 148 Å². The number of anilines is 3. The van der Waals surface area contributed by atoms with Crippen molar-refractivity contribution in [2.24, 2.45) is 0 Å². The minimum absolute atomic E-state index is 0.114. The summed E-state index contributed by atoms with van der Waals surface area (Å²) in [6.45, 7) is 6.69. The number of benzene rings is 6. The lowest BCUT2D eigenvalue weighted by atomic mass is 9.87. The van der Waals surface area contributed by atoms with E-state index >= 15 is 0 Å². The molecule has 6 heteroatoms. The monoisotopic (exact) mass is 657 g/mol. The topological polar surface area (TPSA) is 42.2 Å². The first-order valence-electron chi connectivity index (χ1n) is 16.1. The van der Waals surface area contributed by atoms with E-state index in [2.05, 4.69) is 147 Å². The molecule has 232 valence electrons. The van der Waals surface area contributed by atoms with Gasteiger partial charge < -0.3 is 9.32 Å². The van der Waals surface area contributed by atoms with E-state index in [1.54, 1.807) is 0 Å². The zero-order valence-electron chi connectivity index (χ0n) is 26.8. The Morgan fingerprint density at radius 1 is 0.583 bits per heavy atom. The van der Waals surface area contributed by atoms with Crippen LogP contribution < -0.4 is 4.90 Å². The number of hydrogen-bond donors (Lipinski definition) is 0. The Morgan fingerprint density at radius 3 is 2.08 bits per heavy atom. The van der Waals surface area contributed by atoms with E-state index < -0.39 is 0 Å². The molecule has 0 saturated heterocycles. The summed E-state index contributed by atoms with van der Waals surface area (Å²) in [6.07, 6.45) is 0. The Balaban J connectivity index is 1.04. The van der Waals surface area contributed by atoms with Crippen LogP contribution in [-0.4, -0.2) is 9.36 Å². The summed E-state index contributed by atoms with van der Waals surface area (Å²) in [5, 5.41) is 3.21. The maximum Gasteiger partial charge on any atom is 0.173 e. The van der Waals surface area contributed by atoms with Crippen molar-refractivity contribution in [2.75, 3.05) is 4.90 Å². The van der Waals surface area contributed by atoms with Crippen LogP contribution in [-0.2, 0) is 5.41 Å². The number of hydrogen-bond acceptors (Lipinski definition) is 6. The van der Waals surface area contributed by atoms with Crippen molar-refractivity contribution in [1.82, 2.24) is 9.36 Å². The molecule has 0 saturated carbocycles. The van der Waals surface area contributed by atoms with Crippen LogP contribution in [0.2, 0.25) is 0 Å². The van der Waals surface area contributed by atoms with Gasteiger partial charge in [-0.1, -0.05) is 99.3 Å². The van der Waals surface area contributed by atoms with Crippen molar-refractivity contribution >= 4 is 62.3 Å². The van der Waals surface area contributed by atoms with Crippen molar-refractivity contribution in [2.45, 2.75) is 36.0 Å². The normalized spacial score (nSPS) is 12.8. The summed E-state index contributed by atoms with van der Waals surface area (Å²) in [5.41, 5.74) is 11.1. The van der Waals surface area contributed by atoms with Crippen molar-refractivity contribution in [1.29, 1.82) is 0 Å². The highest BCUT2D eigenvalue weighted by Gasteiger charge is 2.25. The predicted octanol–water partition coefficient (Wildman–Crippen LogP) is 12.7.